The van der Waals surface area contributed by atoms with Gasteiger partial charge in [0.25, 0.3) is 0 Å². The standard InChI is InChI=1S/C22H29N3O3S/c1-6-16(15-9-10-18-17(12-15)24-20(23)14(3)27-18)25-21(26)28-22(4,5)13(2)19-8-7-11-29-19/h7-14,16H,6H2,1-5H3,(H2,23,24)(H,25,26). The summed E-state index contributed by atoms with van der Waals surface area (Å²) in [6.45, 7) is 9.82. The van der Waals surface area contributed by atoms with Crippen molar-refractivity contribution in [1.82, 2.24) is 5.32 Å². The summed E-state index contributed by atoms with van der Waals surface area (Å²) < 4.78 is 11.6. The van der Waals surface area contributed by atoms with Gasteiger partial charge in [0.1, 0.15) is 22.9 Å². The number of carbonyl (C=O) groups excluding carboxylic acids is 1. The molecule has 29 heavy (non-hydrogen) atoms. The van der Waals surface area contributed by atoms with Crippen molar-refractivity contribution in [3.8, 4) is 5.75 Å². The number of aliphatic imine (C=N–C) groups is 1. The van der Waals surface area contributed by atoms with Gasteiger partial charge in [0.15, 0.2) is 6.10 Å². The number of hydrogen-bond donors (Lipinski definition) is 2. The summed E-state index contributed by atoms with van der Waals surface area (Å²) in [5.41, 5.74) is 6.88. The fourth-order valence-corrected chi connectivity index (χ4v) is 4.18. The summed E-state index contributed by atoms with van der Waals surface area (Å²) in [6, 6.07) is 9.59. The molecule has 2 heterocycles. The Morgan fingerprint density at radius 2 is 2.17 bits per heavy atom. The van der Waals surface area contributed by atoms with Gasteiger partial charge in [0.05, 0.1) is 6.04 Å². The fourth-order valence-electron chi connectivity index (χ4n) is 3.22. The summed E-state index contributed by atoms with van der Waals surface area (Å²) in [4.78, 5) is 18.3. The maximum atomic E-state index is 12.7. The number of nitrogens with zero attached hydrogens (tertiary/aromatic N) is 1. The van der Waals surface area contributed by atoms with Crippen LogP contribution in [0.15, 0.2) is 40.7 Å². The van der Waals surface area contributed by atoms with E-state index in [9.17, 15) is 4.79 Å². The SMILES string of the molecule is CCC(NC(=O)OC(C)(C)C(C)c1cccs1)c1ccc2c(c1)N=C(N)C(C)O2. The minimum atomic E-state index is -0.633. The van der Waals surface area contributed by atoms with Gasteiger partial charge in [-0.3, -0.25) is 0 Å². The largest absolute Gasteiger partial charge is 0.481 e. The number of nitrogens with two attached hydrogens (primary N) is 1. The quantitative estimate of drug-likeness (QED) is 0.672. The zero-order valence-corrected chi connectivity index (χ0v) is 18.4. The zero-order chi connectivity index (χ0) is 21.2. The van der Waals surface area contributed by atoms with Crippen molar-refractivity contribution >= 4 is 29.0 Å². The Morgan fingerprint density at radius 1 is 1.41 bits per heavy atom. The first kappa shape index (κ1) is 21.2. The highest BCUT2D eigenvalue weighted by Crippen LogP contribution is 2.36. The number of hydrogen-bond acceptors (Lipinski definition) is 6. The van der Waals surface area contributed by atoms with Gasteiger partial charge in [-0.15, -0.1) is 11.3 Å². The van der Waals surface area contributed by atoms with E-state index in [1.807, 2.05) is 57.3 Å². The van der Waals surface area contributed by atoms with E-state index in [-0.39, 0.29) is 18.1 Å². The smallest absolute Gasteiger partial charge is 0.408 e. The van der Waals surface area contributed by atoms with Crippen molar-refractivity contribution in [1.29, 1.82) is 0 Å². The van der Waals surface area contributed by atoms with Gasteiger partial charge in [0.2, 0.25) is 0 Å². The molecule has 3 rings (SSSR count). The molecule has 1 amide bonds. The van der Waals surface area contributed by atoms with Crippen molar-refractivity contribution in [3.63, 3.8) is 0 Å². The lowest BCUT2D eigenvalue weighted by molar-refractivity contribution is 0.0209. The number of ether oxygens (including phenoxy) is 2. The maximum Gasteiger partial charge on any atom is 0.408 e. The number of thiophene rings is 1. The first-order valence-electron chi connectivity index (χ1n) is 9.88. The van der Waals surface area contributed by atoms with Gasteiger partial charge in [-0.2, -0.15) is 0 Å². The number of alkyl carbamates (subject to hydrolysis) is 1. The third kappa shape index (κ3) is 4.72. The molecule has 0 saturated heterocycles. The minimum Gasteiger partial charge on any atom is -0.481 e. The molecule has 1 aliphatic rings. The molecular formula is C22H29N3O3S. The molecule has 6 nitrogen and oxygen atoms in total. The van der Waals surface area contributed by atoms with Gasteiger partial charge < -0.3 is 20.5 Å². The van der Waals surface area contributed by atoms with Crippen molar-refractivity contribution in [2.45, 2.75) is 64.7 Å². The average molecular weight is 416 g/mol. The Hall–Kier alpha value is -2.54. The van der Waals surface area contributed by atoms with Gasteiger partial charge in [-0.25, -0.2) is 9.79 Å². The van der Waals surface area contributed by atoms with Crippen LogP contribution in [-0.4, -0.2) is 23.6 Å². The Kier molecular flexibility index (Phi) is 6.17. The number of amidine groups is 1. The molecule has 0 saturated carbocycles. The van der Waals surface area contributed by atoms with E-state index in [2.05, 4.69) is 23.3 Å². The predicted octanol–water partition coefficient (Wildman–Crippen LogP) is 5.28. The summed E-state index contributed by atoms with van der Waals surface area (Å²) in [6.07, 6.45) is 0.0393. The third-order valence-electron chi connectivity index (χ3n) is 5.42. The van der Waals surface area contributed by atoms with E-state index in [0.29, 0.717) is 23.7 Å². The molecule has 3 unspecified atom stereocenters. The molecule has 0 fully saturated rings. The molecule has 3 N–H and O–H groups in total. The Morgan fingerprint density at radius 3 is 2.83 bits per heavy atom. The molecule has 1 aromatic carbocycles. The third-order valence-corrected chi connectivity index (χ3v) is 6.48. The van der Waals surface area contributed by atoms with E-state index in [1.54, 1.807) is 11.3 Å². The Balaban J connectivity index is 1.70. The van der Waals surface area contributed by atoms with Gasteiger partial charge in [-0.1, -0.05) is 26.0 Å². The second kappa shape index (κ2) is 8.45. The molecule has 0 spiro atoms. The van der Waals surface area contributed by atoms with E-state index < -0.39 is 11.7 Å². The molecule has 1 aliphatic heterocycles. The zero-order valence-electron chi connectivity index (χ0n) is 17.6. The molecule has 3 atom stereocenters. The summed E-state index contributed by atoms with van der Waals surface area (Å²) in [5, 5.41) is 5.02. The van der Waals surface area contributed by atoms with Crippen LogP contribution in [0.3, 0.4) is 0 Å². The summed E-state index contributed by atoms with van der Waals surface area (Å²) in [5.74, 6) is 1.23. The Bertz CT molecular complexity index is 893. The predicted molar refractivity (Wildman–Crippen MR) is 117 cm³/mol. The van der Waals surface area contributed by atoms with Crippen molar-refractivity contribution in [2.24, 2.45) is 10.7 Å². The number of amides is 1. The van der Waals surface area contributed by atoms with Crippen LogP contribution in [0.25, 0.3) is 0 Å². The van der Waals surface area contributed by atoms with Crippen LogP contribution < -0.4 is 15.8 Å². The molecule has 0 bridgehead atoms. The van der Waals surface area contributed by atoms with Crippen molar-refractivity contribution in [3.05, 3.63) is 46.2 Å². The van der Waals surface area contributed by atoms with Crippen LogP contribution in [0.2, 0.25) is 0 Å². The van der Waals surface area contributed by atoms with Crippen molar-refractivity contribution in [2.75, 3.05) is 0 Å². The number of nitrogens with one attached hydrogen (secondary N) is 1. The first-order chi connectivity index (χ1) is 13.7. The summed E-state index contributed by atoms with van der Waals surface area (Å²) in [7, 11) is 0. The van der Waals surface area contributed by atoms with Crippen LogP contribution in [0.4, 0.5) is 10.5 Å². The van der Waals surface area contributed by atoms with E-state index >= 15 is 0 Å². The number of carbonyl (C=O) groups is 1. The van der Waals surface area contributed by atoms with E-state index in [0.717, 1.165) is 5.56 Å². The monoisotopic (exact) mass is 415 g/mol. The molecule has 0 aliphatic carbocycles. The number of benzene rings is 1. The van der Waals surface area contributed by atoms with E-state index in [1.165, 1.54) is 4.88 Å². The average Bonchev–Trinajstić information content (AvgIpc) is 3.20. The van der Waals surface area contributed by atoms with E-state index in [4.69, 9.17) is 15.2 Å². The molecular weight excluding hydrogens is 386 g/mol. The first-order valence-corrected chi connectivity index (χ1v) is 10.8. The highest BCUT2D eigenvalue weighted by Gasteiger charge is 2.32. The van der Waals surface area contributed by atoms with Gasteiger partial charge >= 0.3 is 6.09 Å². The minimum absolute atomic E-state index is 0.0912. The molecule has 156 valence electrons. The van der Waals surface area contributed by atoms with Crippen LogP contribution in [0.1, 0.15) is 63.4 Å². The molecule has 0 radical (unpaired) electrons. The van der Waals surface area contributed by atoms with Gasteiger partial charge in [-0.05, 0) is 56.3 Å². The maximum absolute atomic E-state index is 12.7. The number of rotatable bonds is 6. The number of fused-ring (bicyclic) bond motifs is 1. The highest BCUT2D eigenvalue weighted by molar-refractivity contribution is 7.10. The lowest BCUT2D eigenvalue weighted by atomic mass is 9.91. The Labute approximate surface area is 176 Å². The second-order valence-electron chi connectivity index (χ2n) is 7.86. The van der Waals surface area contributed by atoms with Crippen LogP contribution in [-0.2, 0) is 4.74 Å². The molecule has 2 aromatic rings. The summed E-state index contributed by atoms with van der Waals surface area (Å²) >= 11 is 1.67. The normalized spacial score (nSPS) is 18.1. The van der Waals surface area contributed by atoms with Crippen LogP contribution in [0.5, 0.6) is 5.75 Å². The van der Waals surface area contributed by atoms with Crippen LogP contribution in [0, 0.1) is 0 Å². The highest BCUT2D eigenvalue weighted by atomic mass is 32.1. The fraction of sp³-hybridized carbons (Fsp3) is 0.455. The van der Waals surface area contributed by atoms with Crippen LogP contribution >= 0.6 is 11.3 Å². The lowest BCUT2D eigenvalue weighted by Crippen LogP contribution is -2.39. The topological polar surface area (TPSA) is 85.9 Å². The molecule has 1 aromatic heterocycles. The van der Waals surface area contributed by atoms with Gasteiger partial charge in [0, 0.05) is 10.8 Å². The second-order valence-corrected chi connectivity index (χ2v) is 8.84. The van der Waals surface area contributed by atoms with Crippen molar-refractivity contribution < 1.29 is 14.3 Å². The molecule has 7 heteroatoms. The lowest BCUT2D eigenvalue weighted by Gasteiger charge is -2.32.